The van der Waals surface area contributed by atoms with Gasteiger partial charge in [-0.25, -0.2) is 0 Å². The molecule has 19 heavy (non-hydrogen) atoms. The molecule has 0 nitrogen and oxygen atoms in total. The summed E-state index contributed by atoms with van der Waals surface area (Å²) < 4.78 is 0. The Morgan fingerprint density at radius 3 is 2.37 bits per heavy atom. The normalized spacial score (nSPS) is 25.3. The SMILES string of the molecule is CCc1ccc(CC)c(C(Cl)C2CCC(C)CC2)c1. The molecular formula is C18H27Cl. The number of halogens is 1. The maximum atomic E-state index is 6.85. The van der Waals surface area contributed by atoms with Crippen LogP contribution in [0.15, 0.2) is 18.2 Å². The Morgan fingerprint density at radius 2 is 1.79 bits per heavy atom. The zero-order valence-electron chi connectivity index (χ0n) is 12.6. The first kappa shape index (κ1) is 14.9. The van der Waals surface area contributed by atoms with Gasteiger partial charge in [0.15, 0.2) is 0 Å². The average molecular weight is 279 g/mol. The van der Waals surface area contributed by atoms with Crippen LogP contribution in [0.2, 0.25) is 0 Å². The summed E-state index contributed by atoms with van der Waals surface area (Å²) in [6.45, 7) is 6.82. The molecule has 0 heterocycles. The van der Waals surface area contributed by atoms with E-state index in [-0.39, 0.29) is 5.38 Å². The number of alkyl halides is 1. The van der Waals surface area contributed by atoms with Gasteiger partial charge in [-0.05, 0) is 54.2 Å². The lowest BCUT2D eigenvalue weighted by atomic mass is 9.79. The maximum absolute atomic E-state index is 6.85. The fourth-order valence-electron chi connectivity index (χ4n) is 3.28. The van der Waals surface area contributed by atoms with Gasteiger partial charge in [0.25, 0.3) is 0 Å². The third kappa shape index (κ3) is 3.54. The van der Waals surface area contributed by atoms with Crippen LogP contribution in [0.25, 0.3) is 0 Å². The van der Waals surface area contributed by atoms with Crippen LogP contribution in [0.4, 0.5) is 0 Å². The molecule has 1 heteroatoms. The molecule has 1 unspecified atom stereocenters. The molecule has 0 aliphatic heterocycles. The monoisotopic (exact) mass is 278 g/mol. The van der Waals surface area contributed by atoms with Crippen molar-refractivity contribution in [1.82, 2.24) is 0 Å². The summed E-state index contributed by atoms with van der Waals surface area (Å²) in [6, 6.07) is 6.90. The Hall–Kier alpha value is -0.490. The average Bonchev–Trinajstić information content (AvgIpc) is 2.46. The third-order valence-corrected chi connectivity index (χ3v) is 5.36. The summed E-state index contributed by atoms with van der Waals surface area (Å²) in [5.74, 6) is 1.57. The molecular weight excluding hydrogens is 252 g/mol. The molecule has 1 aromatic rings. The largest absolute Gasteiger partial charge is 0.118 e. The van der Waals surface area contributed by atoms with E-state index in [4.69, 9.17) is 11.6 Å². The van der Waals surface area contributed by atoms with Crippen molar-refractivity contribution in [2.24, 2.45) is 11.8 Å². The van der Waals surface area contributed by atoms with Crippen molar-refractivity contribution < 1.29 is 0 Å². The van der Waals surface area contributed by atoms with Gasteiger partial charge in [-0.1, -0.05) is 51.8 Å². The second-order valence-electron chi connectivity index (χ2n) is 6.16. The van der Waals surface area contributed by atoms with Crippen molar-refractivity contribution in [2.75, 3.05) is 0 Å². The van der Waals surface area contributed by atoms with Crippen molar-refractivity contribution in [2.45, 2.75) is 64.7 Å². The van der Waals surface area contributed by atoms with E-state index in [9.17, 15) is 0 Å². The van der Waals surface area contributed by atoms with E-state index in [1.165, 1.54) is 42.4 Å². The van der Waals surface area contributed by atoms with E-state index in [0.717, 1.165) is 18.8 Å². The topological polar surface area (TPSA) is 0 Å². The van der Waals surface area contributed by atoms with Gasteiger partial charge >= 0.3 is 0 Å². The van der Waals surface area contributed by atoms with Crippen LogP contribution in [0.1, 0.15) is 68.5 Å². The summed E-state index contributed by atoms with van der Waals surface area (Å²) in [5, 5.41) is 0.217. The number of hydrogen-bond acceptors (Lipinski definition) is 0. The zero-order chi connectivity index (χ0) is 13.8. The van der Waals surface area contributed by atoms with E-state index < -0.39 is 0 Å². The van der Waals surface area contributed by atoms with Crippen LogP contribution in [-0.2, 0) is 12.8 Å². The lowest BCUT2D eigenvalue weighted by molar-refractivity contribution is 0.283. The predicted molar refractivity (Wildman–Crippen MR) is 84.9 cm³/mol. The summed E-state index contributed by atoms with van der Waals surface area (Å²) in [4.78, 5) is 0. The number of rotatable bonds is 4. The molecule has 0 N–H and O–H groups in total. The highest BCUT2D eigenvalue weighted by molar-refractivity contribution is 6.21. The third-order valence-electron chi connectivity index (χ3n) is 4.77. The minimum Gasteiger partial charge on any atom is -0.118 e. The van der Waals surface area contributed by atoms with Crippen molar-refractivity contribution in [3.8, 4) is 0 Å². The van der Waals surface area contributed by atoms with Crippen LogP contribution in [0, 0.1) is 11.8 Å². The van der Waals surface area contributed by atoms with Crippen molar-refractivity contribution in [3.63, 3.8) is 0 Å². The molecule has 1 atom stereocenters. The van der Waals surface area contributed by atoms with Gasteiger partial charge < -0.3 is 0 Å². The fraction of sp³-hybridized carbons (Fsp3) is 0.667. The molecule has 0 bridgehead atoms. The summed E-state index contributed by atoms with van der Waals surface area (Å²) in [5.41, 5.74) is 4.26. The summed E-state index contributed by atoms with van der Waals surface area (Å²) >= 11 is 6.85. The lowest BCUT2D eigenvalue weighted by Crippen LogP contribution is -2.17. The van der Waals surface area contributed by atoms with Gasteiger partial charge in [0.2, 0.25) is 0 Å². The quantitative estimate of drug-likeness (QED) is 0.600. The van der Waals surface area contributed by atoms with Crippen molar-refractivity contribution >= 4 is 11.6 Å². The molecule has 1 aliphatic rings. The smallest absolute Gasteiger partial charge is 0.0616 e. The molecule has 0 aromatic heterocycles. The molecule has 0 spiro atoms. The van der Waals surface area contributed by atoms with Gasteiger partial charge in [0.05, 0.1) is 5.38 Å². The van der Waals surface area contributed by atoms with Gasteiger partial charge in [-0.15, -0.1) is 11.6 Å². The molecule has 1 aliphatic carbocycles. The highest BCUT2D eigenvalue weighted by Crippen LogP contribution is 2.41. The molecule has 2 rings (SSSR count). The summed E-state index contributed by atoms with van der Waals surface area (Å²) in [7, 11) is 0. The Balaban J connectivity index is 2.19. The van der Waals surface area contributed by atoms with E-state index in [2.05, 4.69) is 39.0 Å². The van der Waals surface area contributed by atoms with Gasteiger partial charge in [-0.3, -0.25) is 0 Å². The molecule has 0 saturated heterocycles. The summed E-state index contributed by atoms with van der Waals surface area (Å²) in [6.07, 6.45) is 7.49. The zero-order valence-corrected chi connectivity index (χ0v) is 13.3. The maximum Gasteiger partial charge on any atom is 0.0616 e. The Morgan fingerprint density at radius 1 is 1.11 bits per heavy atom. The van der Waals surface area contributed by atoms with Crippen LogP contribution in [0.3, 0.4) is 0 Å². The van der Waals surface area contributed by atoms with E-state index in [1.54, 1.807) is 0 Å². The number of aryl methyl sites for hydroxylation is 2. The second-order valence-corrected chi connectivity index (χ2v) is 6.63. The highest BCUT2D eigenvalue weighted by Gasteiger charge is 2.27. The minimum absolute atomic E-state index is 0.217. The Bertz CT molecular complexity index is 402. The molecule has 0 amide bonds. The Kier molecular flexibility index (Phi) is 5.33. The van der Waals surface area contributed by atoms with Gasteiger partial charge in [0.1, 0.15) is 0 Å². The number of benzene rings is 1. The molecule has 106 valence electrons. The van der Waals surface area contributed by atoms with Crippen LogP contribution in [0.5, 0.6) is 0 Å². The van der Waals surface area contributed by atoms with Crippen LogP contribution in [-0.4, -0.2) is 0 Å². The van der Waals surface area contributed by atoms with Crippen LogP contribution < -0.4 is 0 Å². The Labute approximate surface area is 123 Å². The van der Waals surface area contributed by atoms with Crippen molar-refractivity contribution in [3.05, 3.63) is 34.9 Å². The van der Waals surface area contributed by atoms with E-state index >= 15 is 0 Å². The first-order valence-corrected chi connectivity index (χ1v) is 8.35. The first-order chi connectivity index (χ1) is 9.15. The lowest BCUT2D eigenvalue weighted by Gasteiger charge is -2.30. The fourth-order valence-corrected chi connectivity index (χ4v) is 3.73. The number of hydrogen-bond donors (Lipinski definition) is 0. The molecule has 1 fully saturated rings. The van der Waals surface area contributed by atoms with Crippen molar-refractivity contribution in [1.29, 1.82) is 0 Å². The standard InChI is InChI=1S/C18H27Cl/c1-4-14-8-11-15(5-2)17(12-14)18(19)16-9-6-13(3)7-10-16/h8,11-13,16,18H,4-7,9-10H2,1-3H3. The van der Waals surface area contributed by atoms with Crippen LogP contribution >= 0.6 is 11.6 Å². The molecule has 1 aromatic carbocycles. The first-order valence-electron chi connectivity index (χ1n) is 7.91. The highest BCUT2D eigenvalue weighted by atomic mass is 35.5. The minimum atomic E-state index is 0.217. The molecule has 1 saturated carbocycles. The van der Waals surface area contributed by atoms with Gasteiger partial charge in [-0.2, -0.15) is 0 Å². The van der Waals surface area contributed by atoms with E-state index in [0.29, 0.717) is 5.92 Å². The predicted octanol–water partition coefficient (Wildman–Crippen LogP) is 5.92. The van der Waals surface area contributed by atoms with E-state index in [1.807, 2.05) is 0 Å². The molecule has 0 radical (unpaired) electrons. The van der Waals surface area contributed by atoms with Gasteiger partial charge in [0, 0.05) is 0 Å². The second kappa shape index (κ2) is 6.79.